The Labute approximate surface area is 125 Å². The fourth-order valence-corrected chi connectivity index (χ4v) is 2.30. The van der Waals surface area contributed by atoms with Crippen molar-refractivity contribution in [2.75, 3.05) is 0 Å². The summed E-state index contributed by atoms with van der Waals surface area (Å²) in [6.07, 6.45) is 0. The van der Waals surface area contributed by atoms with Crippen LogP contribution in [0.2, 0.25) is 0 Å². The van der Waals surface area contributed by atoms with E-state index in [4.69, 9.17) is 4.74 Å². The highest BCUT2D eigenvalue weighted by molar-refractivity contribution is 5.93. The number of carboxylic acid groups (broad SMARTS) is 1. The summed E-state index contributed by atoms with van der Waals surface area (Å²) >= 11 is 0. The van der Waals surface area contributed by atoms with Gasteiger partial charge in [0.2, 0.25) is 0 Å². The van der Waals surface area contributed by atoms with Crippen LogP contribution in [0.4, 0.5) is 0 Å². The zero-order chi connectivity index (χ0) is 15.4. The van der Waals surface area contributed by atoms with Crippen LogP contribution < -0.4 is 4.74 Å². The monoisotopic (exact) mass is 284 g/mol. The average molecular weight is 284 g/mol. The molecule has 0 aliphatic rings. The minimum Gasteiger partial charge on any atom is -0.488 e. The topological polar surface area (TPSA) is 46.5 Å². The lowest BCUT2D eigenvalue weighted by Gasteiger charge is -2.18. The van der Waals surface area contributed by atoms with Crippen molar-refractivity contribution in [3.05, 3.63) is 64.7 Å². The Morgan fingerprint density at radius 3 is 2.38 bits per heavy atom. The second kappa shape index (κ2) is 6.44. The molecule has 0 atom stereocenters. The Morgan fingerprint density at radius 1 is 1.14 bits per heavy atom. The van der Waals surface area contributed by atoms with E-state index in [-0.39, 0.29) is 11.5 Å². The van der Waals surface area contributed by atoms with Crippen molar-refractivity contribution in [3.8, 4) is 5.75 Å². The van der Waals surface area contributed by atoms with Crippen molar-refractivity contribution in [1.82, 2.24) is 0 Å². The Hall–Kier alpha value is -2.29. The van der Waals surface area contributed by atoms with Crippen LogP contribution in [-0.2, 0) is 6.61 Å². The first-order valence-corrected chi connectivity index (χ1v) is 7.04. The highest BCUT2D eigenvalue weighted by Crippen LogP contribution is 2.33. The van der Waals surface area contributed by atoms with E-state index in [0.717, 1.165) is 16.7 Å². The van der Waals surface area contributed by atoms with Crippen LogP contribution >= 0.6 is 0 Å². The van der Waals surface area contributed by atoms with Crippen LogP contribution in [-0.4, -0.2) is 11.1 Å². The van der Waals surface area contributed by atoms with Crippen LogP contribution in [0.15, 0.2) is 42.5 Å². The van der Waals surface area contributed by atoms with Crippen molar-refractivity contribution in [2.45, 2.75) is 33.3 Å². The van der Waals surface area contributed by atoms with Gasteiger partial charge in [0.1, 0.15) is 17.9 Å². The van der Waals surface area contributed by atoms with Gasteiger partial charge in [-0.05, 0) is 29.5 Å². The summed E-state index contributed by atoms with van der Waals surface area (Å²) in [4.78, 5) is 11.5. The molecule has 21 heavy (non-hydrogen) atoms. The first kappa shape index (κ1) is 15.1. The van der Waals surface area contributed by atoms with Crippen LogP contribution in [0.5, 0.6) is 5.75 Å². The SMILES string of the molecule is Cc1ccc(C(C)C)c(OCc2ccccc2)c1C(=O)O. The Bertz CT molecular complexity index is 630. The van der Waals surface area contributed by atoms with Gasteiger partial charge in [-0.3, -0.25) is 0 Å². The maximum atomic E-state index is 11.5. The molecule has 3 nitrogen and oxygen atoms in total. The average Bonchev–Trinajstić information content (AvgIpc) is 2.45. The Morgan fingerprint density at radius 2 is 1.81 bits per heavy atom. The molecule has 1 N–H and O–H groups in total. The van der Waals surface area contributed by atoms with Gasteiger partial charge in [-0.1, -0.05) is 56.3 Å². The van der Waals surface area contributed by atoms with E-state index in [9.17, 15) is 9.90 Å². The first-order chi connectivity index (χ1) is 10.0. The second-order valence-corrected chi connectivity index (χ2v) is 5.41. The number of hydrogen-bond acceptors (Lipinski definition) is 2. The molecule has 0 spiro atoms. The third-order valence-corrected chi connectivity index (χ3v) is 3.46. The van der Waals surface area contributed by atoms with Crippen molar-refractivity contribution in [2.24, 2.45) is 0 Å². The minimum absolute atomic E-state index is 0.203. The number of benzene rings is 2. The highest BCUT2D eigenvalue weighted by atomic mass is 16.5. The predicted molar refractivity (Wildman–Crippen MR) is 83.0 cm³/mol. The maximum Gasteiger partial charge on any atom is 0.339 e. The molecule has 0 unspecified atom stereocenters. The molecule has 2 aromatic carbocycles. The van der Waals surface area contributed by atoms with Crippen molar-refractivity contribution in [1.29, 1.82) is 0 Å². The van der Waals surface area contributed by atoms with E-state index >= 15 is 0 Å². The summed E-state index contributed by atoms with van der Waals surface area (Å²) in [7, 11) is 0. The maximum absolute atomic E-state index is 11.5. The summed E-state index contributed by atoms with van der Waals surface area (Å²) < 4.78 is 5.88. The van der Waals surface area contributed by atoms with E-state index in [0.29, 0.717) is 12.4 Å². The van der Waals surface area contributed by atoms with Gasteiger partial charge in [-0.15, -0.1) is 0 Å². The molecular weight excluding hydrogens is 264 g/mol. The molecule has 2 rings (SSSR count). The highest BCUT2D eigenvalue weighted by Gasteiger charge is 2.20. The van der Waals surface area contributed by atoms with Gasteiger partial charge in [-0.25, -0.2) is 4.79 Å². The predicted octanol–water partition coefficient (Wildman–Crippen LogP) is 4.40. The largest absolute Gasteiger partial charge is 0.488 e. The van der Waals surface area contributed by atoms with Gasteiger partial charge in [0.25, 0.3) is 0 Å². The molecule has 0 radical (unpaired) electrons. The number of hydrogen-bond donors (Lipinski definition) is 1. The van der Waals surface area contributed by atoms with Gasteiger partial charge in [0.15, 0.2) is 0 Å². The minimum atomic E-state index is -0.946. The third kappa shape index (κ3) is 3.43. The molecule has 0 amide bonds. The molecule has 0 aliphatic heterocycles. The fourth-order valence-electron chi connectivity index (χ4n) is 2.30. The number of rotatable bonds is 5. The van der Waals surface area contributed by atoms with Crippen LogP contribution in [0.3, 0.4) is 0 Å². The van der Waals surface area contributed by atoms with E-state index in [2.05, 4.69) is 0 Å². The van der Waals surface area contributed by atoms with Crippen molar-refractivity contribution >= 4 is 5.97 Å². The fraction of sp³-hybridized carbons (Fsp3) is 0.278. The van der Waals surface area contributed by atoms with Crippen LogP contribution in [0, 0.1) is 6.92 Å². The van der Waals surface area contributed by atoms with Gasteiger partial charge in [0, 0.05) is 0 Å². The molecule has 0 saturated carbocycles. The molecule has 2 aromatic rings. The molecule has 0 fully saturated rings. The lowest BCUT2D eigenvalue weighted by molar-refractivity contribution is 0.0690. The van der Waals surface area contributed by atoms with E-state index in [1.165, 1.54) is 0 Å². The summed E-state index contributed by atoms with van der Waals surface area (Å²) in [5.41, 5.74) is 2.92. The summed E-state index contributed by atoms with van der Waals surface area (Å²) in [6, 6.07) is 13.5. The molecular formula is C18H20O3. The third-order valence-electron chi connectivity index (χ3n) is 3.46. The van der Waals surface area contributed by atoms with Gasteiger partial charge in [0.05, 0.1) is 0 Å². The summed E-state index contributed by atoms with van der Waals surface area (Å²) in [6.45, 7) is 6.23. The number of ether oxygens (including phenoxy) is 1. The molecule has 0 aliphatic carbocycles. The van der Waals surface area contributed by atoms with Crippen molar-refractivity contribution < 1.29 is 14.6 Å². The molecule has 0 aromatic heterocycles. The zero-order valence-electron chi connectivity index (χ0n) is 12.6. The standard InChI is InChI=1S/C18H20O3/c1-12(2)15-10-9-13(3)16(18(19)20)17(15)21-11-14-7-5-4-6-8-14/h4-10,12H,11H2,1-3H3,(H,19,20). The van der Waals surface area contributed by atoms with Crippen molar-refractivity contribution in [3.63, 3.8) is 0 Å². The van der Waals surface area contributed by atoms with Gasteiger partial charge >= 0.3 is 5.97 Å². The van der Waals surface area contributed by atoms with E-state index in [1.54, 1.807) is 6.92 Å². The lowest BCUT2D eigenvalue weighted by atomic mass is 9.96. The van der Waals surface area contributed by atoms with Crippen LogP contribution in [0.25, 0.3) is 0 Å². The normalized spacial score (nSPS) is 10.7. The first-order valence-electron chi connectivity index (χ1n) is 7.04. The number of carboxylic acids is 1. The lowest BCUT2D eigenvalue weighted by Crippen LogP contribution is -2.09. The van der Waals surface area contributed by atoms with E-state index < -0.39 is 5.97 Å². The Kier molecular flexibility index (Phi) is 4.63. The number of aryl methyl sites for hydroxylation is 1. The summed E-state index contributed by atoms with van der Waals surface area (Å²) in [5, 5.41) is 9.47. The molecule has 3 heteroatoms. The van der Waals surface area contributed by atoms with Gasteiger partial charge in [-0.2, -0.15) is 0 Å². The smallest absolute Gasteiger partial charge is 0.339 e. The molecule has 0 saturated heterocycles. The number of carbonyl (C=O) groups is 1. The second-order valence-electron chi connectivity index (χ2n) is 5.41. The molecule has 0 bridgehead atoms. The quantitative estimate of drug-likeness (QED) is 0.885. The Balaban J connectivity index is 2.39. The molecule has 110 valence electrons. The zero-order valence-corrected chi connectivity index (χ0v) is 12.6. The summed E-state index contributed by atoms with van der Waals surface area (Å²) in [5.74, 6) is -0.256. The molecule has 0 heterocycles. The van der Waals surface area contributed by atoms with E-state index in [1.807, 2.05) is 56.3 Å². The number of aromatic carboxylic acids is 1. The van der Waals surface area contributed by atoms with Crippen LogP contribution in [0.1, 0.15) is 46.8 Å². The van der Waals surface area contributed by atoms with Gasteiger partial charge < -0.3 is 9.84 Å².